The van der Waals surface area contributed by atoms with Gasteiger partial charge in [0.05, 0.1) is 50.3 Å². The average Bonchev–Trinajstić information content (AvgIpc) is 4.16. The van der Waals surface area contributed by atoms with Gasteiger partial charge in [-0.3, -0.25) is 27.2 Å². The van der Waals surface area contributed by atoms with Gasteiger partial charge >= 0.3 is 0 Å². The molecular weight excluding hydrogens is 1180 g/mol. The van der Waals surface area contributed by atoms with E-state index in [9.17, 15) is 75.2 Å². The zero-order valence-electron chi connectivity index (χ0n) is 41.0. The standard InChI is InChI=1S/C45H40N10O17S7/c1-22-13-34-40(37(14-22)78(66,67)68)47-43-29(21-46)25(4)39(44(56)55(34)43)53-51-32-15-23(2)30(19-35(32)72-9-5-11-75(57,58)59)49-52-33-16-24(3)31(20-36(33)73-10-6-12-76(60,61)62)50-54-45-48-41-38(79(69,70)71)17-26-7-8-27(77(63,64)65)18-28(26)42(41)74-45/h7-8,13-20,56H,5-6,9-12H2,1-4H3,(H,57,58,59)(H,60,61,62)(H,63,64,65)(H,66,67,68)(H,69,70,71). The van der Waals surface area contributed by atoms with Crippen LogP contribution in [0, 0.1) is 39.0 Å². The van der Waals surface area contributed by atoms with Crippen molar-refractivity contribution in [2.24, 2.45) is 30.7 Å². The number of thioether (sulfide) groups is 1. The van der Waals surface area contributed by atoms with Gasteiger partial charge in [0.1, 0.15) is 43.9 Å². The summed E-state index contributed by atoms with van der Waals surface area (Å²) in [6, 6.07) is 15.0. The topological polar surface area (TPSA) is 429 Å². The molecule has 5 aromatic carbocycles. The van der Waals surface area contributed by atoms with Crippen molar-refractivity contribution < 1.29 is 74.7 Å². The first-order valence-corrected chi connectivity index (χ1v) is 31.7. The minimum absolute atomic E-state index is 0.0101. The number of aryl methyl sites for hydroxylation is 3. The Hall–Kier alpha value is -7.01. The van der Waals surface area contributed by atoms with Crippen molar-refractivity contribution in [2.75, 3.05) is 23.9 Å². The van der Waals surface area contributed by atoms with E-state index in [1.165, 1.54) is 50.2 Å². The van der Waals surface area contributed by atoms with Gasteiger partial charge in [0.15, 0.2) is 11.3 Å². The van der Waals surface area contributed by atoms with Crippen molar-refractivity contribution in [1.82, 2.24) is 14.4 Å². The van der Waals surface area contributed by atoms with Crippen LogP contribution in [0.4, 0.5) is 33.6 Å². The normalized spacial score (nSPS) is 13.1. The van der Waals surface area contributed by atoms with E-state index >= 15 is 0 Å². The largest absolute Gasteiger partial charge is 0.493 e. The minimum atomic E-state index is -4.88. The predicted octanol–water partition coefficient (Wildman–Crippen LogP) is 10.1. The first kappa shape index (κ1) is 58.1. The number of nitriles is 1. The molecule has 0 fully saturated rings. The van der Waals surface area contributed by atoms with Crippen molar-refractivity contribution in [3.8, 4) is 17.7 Å². The number of imidazole rings is 1. The Bertz CT molecular complexity index is 4610. The second-order valence-electron chi connectivity index (χ2n) is 17.3. The molecule has 0 saturated carbocycles. The SMILES string of the molecule is Cc1cc(S(=O)(=O)O)c2nc3c(C#N)c(C)c(N=Nc4cc(C)c(N=Nc5cc(C)c(N=Nc6nc7c(S(=O)(=O)O)cc8ccc(S(=O)(=O)O)cc8c7s6)cc5SCCCS(=O)(=O)O)cc4OCCCS(=O)(=O)O)c(O)n3c2c1. The molecule has 414 valence electrons. The van der Waals surface area contributed by atoms with Crippen LogP contribution in [0.5, 0.6) is 11.6 Å². The summed E-state index contributed by atoms with van der Waals surface area (Å²) < 4.78 is 175. The number of pyridine rings is 1. The smallest absolute Gasteiger partial charge is 0.296 e. The minimum Gasteiger partial charge on any atom is -0.493 e. The average molecular weight is 1220 g/mol. The molecule has 0 amide bonds. The third-order valence-corrected chi connectivity index (χ3v) is 17.8. The lowest BCUT2D eigenvalue weighted by Gasteiger charge is -2.12. The fraction of sp³-hybridized carbons (Fsp3) is 0.222. The fourth-order valence-corrected chi connectivity index (χ4v) is 12.9. The number of fused-ring (bicyclic) bond motifs is 6. The Kier molecular flexibility index (Phi) is 16.1. The van der Waals surface area contributed by atoms with Crippen LogP contribution >= 0.6 is 23.1 Å². The molecule has 0 aliphatic carbocycles. The molecule has 3 heterocycles. The molecule has 6 N–H and O–H groups in total. The van der Waals surface area contributed by atoms with E-state index in [1.807, 2.05) is 6.07 Å². The van der Waals surface area contributed by atoms with Crippen molar-refractivity contribution in [3.63, 3.8) is 0 Å². The molecule has 8 rings (SSSR count). The lowest BCUT2D eigenvalue weighted by atomic mass is 10.1. The molecule has 0 aliphatic heterocycles. The number of aromatic hydroxyl groups is 1. The van der Waals surface area contributed by atoms with Crippen LogP contribution in [-0.4, -0.2) is 108 Å². The van der Waals surface area contributed by atoms with Crippen molar-refractivity contribution in [3.05, 3.63) is 88.5 Å². The fourth-order valence-electron chi connectivity index (χ4n) is 7.88. The molecule has 0 radical (unpaired) electrons. The number of azo groups is 3. The number of rotatable bonds is 19. The number of benzene rings is 5. The summed E-state index contributed by atoms with van der Waals surface area (Å²) in [4.78, 5) is 7.24. The lowest BCUT2D eigenvalue weighted by Crippen LogP contribution is -2.08. The molecule has 0 bridgehead atoms. The van der Waals surface area contributed by atoms with Gasteiger partial charge in [0.25, 0.3) is 50.6 Å². The quantitative estimate of drug-likeness (QED) is 0.0190. The Labute approximate surface area is 457 Å². The monoisotopic (exact) mass is 1220 g/mol. The van der Waals surface area contributed by atoms with Crippen molar-refractivity contribution in [1.29, 1.82) is 5.26 Å². The van der Waals surface area contributed by atoms with Gasteiger partial charge in [0.2, 0.25) is 11.0 Å². The Morgan fingerprint density at radius 1 is 0.671 bits per heavy atom. The number of aromatic nitrogens is 3. The molecule has 0 spiro atoms. The molecule has 79 heavy (non-hydrogen) atoms. The molecule has 0 aliphatic rings. The van der Waals surface area contributed by atoms with E-state index in [2.05, 4.69) is 40.7 Å². The third kappa shape index (κ3) is 13.0. The van der Waals surface area contributed by atoms with E-state index < -0.39 is 82.7 Å². The maximum absolute atomic E-state index is 12.5. The Balaban J connectivity index is 1.19. The molecular formula is C45H40N10O17S7. The second kappa shape index (κ2) is 21.9. The molecule has 0 unspecified atom stereocenters. The van der Waals surface area contributed by atoms with Gasteiger partial charge in [-0.05, 0) is 117 Å². The highest BCUT2D eigenvalue weighted by Gasteiger charge is 2.27. The van der Waals surface area contributed by atoms with Crippen LogP contribution in [0.3, 0.4) is 0 Å². The van der Waals surface area contributed by atoms with Crippen LogP contribution in [0.1, 0.15) is 40.7 Å². The molecule has 8 aromatic rings. The molecule has 3 aromatic heterocycles. The van der Waals surface area contributed by atoms with E-state index in [4.69, 9.17) is 4.74 Å². The zero-order valence-corrected chi connectivity index (χ0v) is 46.7. The number of ether oxygens (including phenoxy) is 1. The van der Waals surface area contributed by atoms with Gasteiger partial charge in [-0.1, -0.05) is 17.4 Å². The molecule has 34 heteroatoms. The maximum atomic E-state index is 12.5. The predicted molar refractivity (Wildman–Crippen MR) is 288 cm³/mol. The molecule has 27 nitrogen and oxygen atoms in total. The van der Waals surface area contributed by atoms with Crippen molar-refractivity contribution >= 4 is 145 Å². The number of hydrogen-bond acceptors (Lipinski definition) is 23. The number of hydrogen-bond donors (Lipinski definition) is 6. The summed E-state index contributed by atoms with van der Waals surface area (Å²) in [7, 11) is -23.1. The Morgan fingerprint density at radius 3 is 1.92 bits per heavy atom. The zero-order chi connectivity index (χ0) is 57.7. The van der Waals surface area contributed by atoms with Gasteiger partial charge < -0.3 is 9.84 Å². The van der Waals surface area contributed by atoms with Crippen LogP contribution < -0.4 is 4.74 Å². The Morgan fingerprint density at radius 2 is 1.28 bits per heavy atom. The summed E-state index contributed by atoms with van der Waals surface area (Å²) in [5.41, 5.74) is 0.801. The van der Waals surface area contributed by atoms with E-state index in [0.717, 1.165) is 45.7 Å². The third-order valence-electron chi connectivity index (χ3n) is 11.5. The highest BCUT2D eigenvalue weighted by molar-refractivity contribution is 7.99. The lowest BCUT2D eigenvalue weighted by molar-refractivity contribution is 0.317. The van der Waals surface area contributed by atoms with Crippen LogP contribution in [0.25, 0.3) is 37.7 Å². The number of nitrogens with zero attached hydrogens (tertiary/aromatic N) is 10. The van der Waals surface area contributed by atoms with E-state index in [-0.39, 0.29) is 113 Å². The van der Waals surface area contributed by atoms with Crippen LogP contribution in [-0.2, 0) is 50.6 Å². The van der Waals surface area contributed by atoms with Crippen LogP contribution in [0.15, 0.2) is 111 Å². The van der Waals surface area contributed by atoms with Crippen molar-refractivity contribution in [2.45, 2.75) is 60.1 Å². The summed E-state index contributed by atoms with van der Waals surface area (Å²) >= 11 is 1.90. The van der Waals surface area contributed by atoms with Gasteiger partial charge in [-0.2, -0.15) is 52.5 Å². The molecule has 0 atom stereocenters. The maximum Gasteiger partial charge on any atom is 0.296 e. The highest BCUT2D eigenvalue weighted by atomic mass is 32.2. The van der Waals surface area contributed by atoms with Gasteiger partial charge in [-0.15, -0.1) is 37.3 Å². The first-order valence-electron chi connectivity index (χ1n) is 22.4. The summed E-state index contributed by atoms with van der Waals surface area (Å²) in [5.74, 6) is -1.79. The summed E-state index contributed by atoms with van der Waals surface area (Å²) in [6.45, 7) is 5.92. The molecule has 0 saturated heterocycles. The summed E-state index contributed by atoms with van der Waals surface area (Å²) in [6.07, 6.45) is -0.203. The highest BCUT2D eigenvalue weighted by Crippen LogP contribution is 2.44. The first-order chi connectivity index (χ1) is 36.8. The van der Waals surface area contributed by atoms with E-state index in [1.54, 1.807) is 19.9 Å². The number of thiazole rings is 1. The van der Waals surface area contributed by atoms with Gasteiger partial charge in [0, 0.05) is 21.9 Å². The van der Waals surface area contributed by atoms with Crippen LogP contribution in [0.2, 0.25) is 0 Å². The summed E-state index contributed by atoms with van der Waals surface area (Å²) in [5, 5.41) is 48.2. The van der Waals surface area contributed by atoms with E-state index in [0.29, 0.717) is 21.6 Å². The second-order valence-corrected chi connectivity index (χ2v) is 26.8. The van der Waals surface area contributed by atoms with Gasteiger partial charge in [-0.25, -0.2) is 9.97 Å².